The molecular weight excluding hydrogens is 326 g/mol. The number of ether oxygens (including phenoxy) is 2. The van der Waals surface area contributed by atoms with Crippen molar-refractivity contribution in [2.24, 2.45) is 5.92 Å². The summed E-state index contributed by atoms with van der Waals surface area (Å²) in [7, 11) is 2.65. The quantitative estimate of drug-likeness (QED) is 0.631. The number of hydrogen-bond donors (Lipinski definition) is 1. The number of aliphatic hydroxyl groups excluding tert-OH is 1. The number of methoxy groups -OCH3 is 2. The molecule has 7 heteroatoms. The predicted octanol–water partition coefficient (Wildman–Crippen LogP) is 1.89. The number of rotatable bonds is 6. The van der Waals surface area contributed by atoms with Crippen LogP contribution in [0.3, 0.4) is 0 Å². The maximum absolute atomic E-state index is 12.4. The molecule has 7 nitrogen and oxygen atoms in total. The van der Waals surface area contributed by atoms with Crippen molar-refractivity contribution in [2.45, 2.75) is 25.0 Å². The van der Waals surface area contributed by atoms with E-state index in [1.165, 1.54) is 20.5 Å². The molecule has 0 amide bonds. The van der Waals surface area contributed by atoms with E-state index in [2.05, 4.69) is 0 Å². The minimum atomic E-state index is -1.28. The van der Waals surface area contributed by atoms with Crippen molar-refractivity contribution in [2.75, 3.05) is 14.2 Å². The highest BCUT2D eigenvalue weighted by Gasteiger charge is 2.53. The summed E-state index contributed by atoms with van der Waals surface area (Å²) in [6, 6.07) is 12.6. The maximum Gasteiger partial charge on any atom is 0.313 e. The number of esters is 1. The van der Waals surface area contributed by atoms with Crippen LogP contribution in [0, 0.1) is 5.92 Å². The van der Waals surface area contributed by atoms with Crippen LogP contribution in [0.5, 0.6) is 0 Å². The van der Waals surface area contributed by atoms with Crippen LogP contribution in [0.25, 0.3) is 0 Å². The number of hydroxylamine groups is 2. The zero-order valence-electron chi connectivity index (χ0n) is 14.1. The van der Waals surface area contributed by atoms with Gasteiger partial charge in [-0.05, 0) is 17.7 Å². The molecule has 0 bridgehead atoms. The van der Waals surface area contributed by atoms with Crippen molar-refractivity contribution < 1.29 is 28.6 Å². The third-order valence-electron chi connectivity index (χ3n) is 4.27. The number of nitrogens with zero attached hydrogens (tertiary/aromatic N) is 1. The Morgan fingerprint density at radius 2 is 2.00 bits per heavy atom. The topological polar surface area (TPSA) is 81.4 Å². The van der Waals surface area contributed by atoms with Gasteiger partial charge in [-0.3, -0.25) is 9.63 Å². The minimum Gasteiger partial charge on any atom is -0.469 e. The highest BCUT2D eigenvalue weighted by atomic mass is 16.7. The number of carbonyl (C=O) groups is 1. The Labute approximate surface area is 145 Å². The standard InChI is InChI=1S/C18H21NO6/c1-22-17(20)14-15(13-9-6-10-24-13)19(25-16(14)18(21)23-2)11-12-7-4-3-5-8-12/h3-10,14-16,18,21H,11H2,1-2H3/t14-,15+,16+,18+/m0/s1. The van der Waals surface area contributed by atoms with Crippen molar-refractivity contribution in [3.05, 3.63) is 60.1 Å². The fraction of sp³-hybridized carbons (Fsp3) is 0.389. The summed E-state index contributed by atoms with van der Waals surface area (Å²) in [6.45, 7) is 0.409. The molecule has 1 fully saturated rings. The summed E-state index contributed by atoms with van der Waals surface area (Å²) in [4.78, 5) is 18.3. The van der Waals surface area contributed by atoms with E-state index >= 15 is 0 Å². The number of aliphatic hydroxyl groups is 1. The lowest BCUT2D eigenvalue weighted by atomic mass is 9.92. The van der Waals surface area contributed by atoms with E-state index in [0.717, 1.165) is 5.56 Å². The Hall–Kier alpha value is -2.19. The van der Waals surface area contributed by atoms with E-state index < -0.39 is 30.3 Å². The number of furan rings is 1. The Bertz CT molecular complexity index is 674. The molecule has 1 aromatic carbocycles. The van der Waals surface area contributed by atoms with Crippen LogP contribution in [0.15, 0.2) is 53.1 Å². The first-order chi connectivity index (χ1) is 12.2. The molecule has 0 spiro atoms. The molecule has 1 N–H and O–H groups in total. The van der Waals surface area contributed by atoms with Crippen LogP contribution in [0.2, 0.25) is 0 Å². The van der Waals surface area contributed by atoms with Crippen molar-refractivity contribution in [1.29, 1.82) is 0 Å². The Morgan fingerprint density at radius 3 is 2.60 bits per heavy atom. The van der Waals surface area contributed by atoms with Crippen LogP contribution in [0.4, 0.5) is 0 Å². The molecule has 0 aliphatic carbocycles. The molecule has 0 saturated carbocycles. The van der Waals surface area contributed by atoms with Gasteiger partial charge in [-0.15, -0.1) is 0 Å². The van der Waals surface area contributed by atoms with Gasteiger partial charge in [-0.1, -0.05) is 30.3 Å². The highest BCUT2D eigenvalue weighted by molar-refractivity contribution is 5.74. The molecule has 2 aromatic rings. The van der Waals surface area contributed by atoms with Gasteiger partial charge in [0.2, 0.25) is 0 Å². The maximum atomic E-state index is 12.4. The van der Waals surface area contributed by atoms with Crippen LogP contribution >= 0.6 is 0 Å². The lowest BCUT2D eigenvalue weighted by Crippen LogP contribution is -2.38. The fourth-order valence-electron chi connectivity index (χ4n) is 3.09. The second-order valence-electron chi connectivity index (χ2n) is 5.77. The van der Waals surface area contributed by atoms with Gasteiger partial charge >= 0.3 is 5.97 Å². The average Bonchev–Trinajstić information content (AvgIpc) is 3.28. The summed E-state index contributed by atoms with van der Waals surface area (Å²) in [5.74, 6) is -0.745. The van der Waals surface area contributed by atoms with Gasteiger partial charge in [0.15, 0.2) is 6.29 Å². The van der Waals surface area contributed by atoms with Crippen LogP contribution < -0.4 is 0 Å². The number of hydrogen-bond acceptors (Lipinski definition) is 7. The third-order valence-corrected chi connectivity index (χ3v) is 4.27. The second kappa shape index (κ2) is 7.79. The summed E-state index contributed by atoms with van der Waals surface area (Å²) in [5, 5.41) is 11.8. The van der Waals surface area contributed by atoms with Gasteiger partial charge < -0.3 is 19.0 Å². The molecule has 4 atom stereocenters. The molecule has 0 unspecified atom stereocenters. The largest absolute Gasteiger partial charge is 0.469 e. The molecule has 1 aromatic heterocycles. The smallest absolute Gasteiger partial charge is 0.313 e. The first-order valence-electron chi connectivity index (χ1n) is 7.95. The van der Waals surface area contributed by atoms with Crippen LogP contribution in [-0.2, 0) is 25.7 Å². The van der Waals surface area contributed by atoms with E-state index in [4.69, 9.17) is 18.7 Å². The van der Waals surface area contributed by atoms with E-state index in [0.29, 0.717) is 12.3 Å². The summed E-state index contributed by atoms with van der Waals surface area (Å²) >= 11 is 0. The molecule has 1 saturated heterocycles. The van der Waals surface area contributed by atoms with Crippen molar-refractivity contribution in [1.82, 2.24) is 5.06 Å². The molecule has 134 valence electrons. The van der Waals surface area contributed by atoms with E-state index in [1.807, 2.05) is 30.3 Å². The molecule has 0 radical (unpaired) electrons. The first kappa shape index (κ1) is 17.6. The molecular formula is C18H21NO6. The minimum absolute atomic E-state index is 0.409. The lowest BCUT2D eigenvalue weighted by molar-refractivity contribution is -0.238. The highest BCUT2D eigenvalue weighted by Crippen LogP contribution is 2.42. The van der Waals surface area contributed by atoms with E-state index in [-0.39, 0.29) is 0 Å². The monoisotopic (exact) mass is 347 g/mol. The van der Waals surface area contributed by atoms with Crippen LogP contribution in [0.1, 0.15) is 17.4 Å². The van der Waals surface area contributed by atoms with Crippen molar-refractivity contribution in [3.63, 3.8) is 0 Å². The Kier molecular flexibility index (Phi) is 5.50. The summed E-state index contributed by atoms with van der Waals surface area (Å²) in [6.07, 6.45) is -0.650. The molecule has 1 aliphatic rings. The zero-order chi connectivity index (χ0) is 17.8. The molecule has 3 rings (SSSR count). The molecule has 2 heterocycles. The van der Waals surface area contributed by atoms with Gasteiger partial charge in [0.1, 0.15) is 23.8 Å². The normalized spacial score (nSPS) is 25.0. The van der Waals surface area contributed by atoms with Gasteiger partial charge in [0.25, 0.3) is 0 Å². The molecule has 25 heavy (non-hydrogen) atoms. The molecule has 1 aliphatic heterocycles. The van der Waals surface area contributed by atoms with Gasteiger partial charge in [0, 0.05) is 13.7 Å². The summed E-state index contributed by atoms with van der Waals surface area (Å²) in [5.41, 5.74) is 0.996. The fourth-order valence-corrected chi connectivity index (χ4v) is 3.09. The number of carbonyl (C=O) groups excluding carboxylic acids is 1. The van der Waals surface area contributed by atoms with Gasteiger partial charge in [0.05, 0.1) is 13.4 Å². The van der Waals surface area contributed by atoms with E-state index in [1.54, 1.807) is 17.2 Å². The second-order valence-corrected chi connectivity index (χ2v) is 5.77. The third kappa shape index (κ3) is 3.59. The summed E-state index contributed by atoms with van der Waals surface area (Å²) < 4.78 is 15.4. The number of benzene rings is 1. The van der Waals surface area contributed by atoms with E-state index in [9.17, 15) is 9.90 Å². The van der Waals surface area contributed by atoms with Crippen molar-refractivity contribution in [3.8, 4) is 0 Å². The SMILES string of the molecule is COC(=O)[C@@H]1[C@H]([C@H](O)OC)ON(Cc2ccccc2)[C@@H]1c1ccco1. The van der Waals surface area contributed by atoms with Crippen LogP contribution in [-0.4, -0.2) is 42.8 Å². The average molecular weight is 347 g/mol. The Morgan fingerprint density at radius 1 is 1.24 bits per heavy atom. The lowest BCUT2D eigenvalue weighted by Gasteiger charge is -2.22. The first-order valence-corrected chi connectivity index (χ1v) is 7.95. The van der Waals surface area contributed by atoms with Gasteiger partial charge in [-0.2, -0.15) is 5.06 Å². The zero-order valence-corrected chi connectivity index (χ0v) is 14.1. The predicted molar refractivity (Wildman–Crippen MR) is 86.8 cm³/mol. The van der Waals surface area contributed by atoms with Gasteiger partial charge in [-0.25, -0.2) is 0 Å². The Balaban J connectivity index is 1.96. The van der Waals surface area contributed by atoms with Crippen molar-refractivity contribution >= 4 is 5.97 Å².